The number of rotatable bonds is 2. The van der Waals surface area contributed by atoms with Crippen LogP contribution in [0.3, 0.4) is 0 Å². The molecule has 0 saturated carbocycles. The van der Waals surface area contributed by atoms with Crippen LogP contribution in [0.2, 0.25) is 0 Å². The summed E-state index contributed by atoms with van der Waals surface area (Å²) in [5, 5.41) is 5.70. The normalized spacial score (nSPS) is 11.3. The quantitative estimate of drug-likeness (QED) is 0.248. The number of hydrogen-bond donors (Lipinski definition) is 0. The van der Waals surface area contributed by atoms with E-state index in [4.69, 9.17) is 9.97 Å². The number of benzene rings is 3. The highest BCUT2D eigenvalue weighted by Crippen LogP contribution is 2.44. The molecule has 3 heterocycles. The molecule has 0 amide bonds. The molecule has 0 N–H and O–H groups in total. The number of hydrogen-bond acceptors (Lipinski definition) is 3. The predicted molar refractivity (Wildman–Crippen MR) is 123 cm³/mol. The second-order valence-corrected chi connectivity index (χ2v) is 7.29. The van der Waals surface area contributed by atoms with Gasteiger partial charge in [-0.25, -0.2) is 0 Å². The summed E-state index contributed by atoms with van der Waals surface area (Å²) in [5.74, 6) is 0. The molecule has 0 atom stereocenters. The minimum atomic E-state index is 0.948. The summed E-state index contributed by atoms with van der Waals surface area (Å²) < 4.78 is 0. The lowest BCUT2D eigenvalue weighted by Gasteiger charge is -2.17. The molecule has 3 aromatic heterocycles. The van der Waals surface area contributed by atoms with Gasteiger partial charge in [-0.15, -0.1) is 0 Å². The van der Waals surface area contributed by atoms with Crippen LogP contribution in [-0.4, -0.2) is 15.0 Å². The Balaban J connectivity index is 1.93. The van der Waals surface area contributed by atoms with E-state index in [0.29, 0.717) is 0 Å². The molecule has 0 aliphatic carbocycles. The molecule has 0 radical (unpaired) electrons. The van der Waals surface area contributed by atoms with Gasteiger partial charge in [-0.05, 0) is 41.1 Å². The van der Waals surface area contributed by atoms with Crippen molar-refractivity contribution >= 4 is 32.4 Å². The Hall–Kier alpha value is -4.11. The fraction of sp³-hybridized carbons (Fsp3) is 0. The standard InChI is InChI=1S/C27H17N3/c1-2-10-19-18(9-1)25(23-13-5-7-15-28-23)21-17-30-22-12-4-3-11-20(22)26(21)27(19)24-14-6-8-16-29-24/h1-17H. The van der Waals surface area contributed by atoms with Crippen molar-refractivity contribution in [3.05, 3.63) is 104 Å². The maximum atomic E-state index is 4.79. The zero-order chi connectivity index (χ0) is 19.9. The van der Waals surface area contributed by atoms with Crippen molar-refractivity contribution in [1.29, 1.82) is 0 Å². The van der Waals surface area contributed by atoms with Gasteiger partial charge in [0.25, 0.3) is 0 Å². The zero-order valence-electron chi connectivity index (χ0n) is 16.2. The molecule has 3 nitrogen and oxygen atoms in total. The molecular formula is C27H17N3. The summed E-state index contributed by atoms with van der Waals surface area (Å²) in [5.41, 5.74) is 5.13. The second-order valence-electron chi connectivity index (χ2n) is 7.29. The maximum absolute atomic E-state index is 4.79. The Labute approximate surface area is 173 Å². The molecule has 0 unspecified atom stereocenters. The topological polar surface area (TPSA) is 38.7 Å². The molecule has 0 bridgehead atoms. The van der Waals surface area contributed by atoms with E-state index < -0.39 is 0 Å². The van der Waals surface area contributed by atoms with Crippen molar-refractivity contribution in [1.82, 2.24) is 15.0 Å². The minimum Gasteiger partial charge on any atom is -0.256 e. The van der Waals surface area contributed by atoms with Crippen molar-refractivity contribution in [2.24, 2.45) is 0 Å². The summed E-state index contributed by atoms with van der Waals surface area (Å²) in [7, 11) is 0. The number of nitrogens with zero attached hydrogens (tertiary/aromatic N) is 3. The van der Waals surface area contributed by atoms with Gasteiger partial charge in [0.05, 0.1) is 16.9 Å². The molecule has 0 saturated heterocycles. The van der Waals surface area contributed by atoms with Crippen molar-refractivity contribution in [3.63, 3.8) is 0 Å². The van der Waals surface area contributed by atoms with Gasteiger partial charge in [0.2, 0.25) is 0 Å². The van der Waals surface area contributed by atoms with E-state index >= 15 is 0 Å². The monoisotopic (exact) mass is 383 g/mol. The average Bonchev–Trinajstić information content (AvgIpc) is 2.83. The van der Waals surface area contributed by atoms with E-state index in [1.807, 2.05) is 48.9 Å². The number of fused-ring (bicyclic) bond motifs is 4. The molecule has 3 aromatic carbocycles. The zero-order valence-corrected chi connectivity index (χ0v) is 16.2. The van der Waals surface area contributed by atoms with Crippen molar-refractivity contribution in [2.45, 2.75) is 0 Å². The molecule has 0 aliphatic heterocycles. The summed E-state index contributed by atoms with van der Waals surface area (Å²) in [6, 6.07) is 28.9. The molecule has 0 spiro atoms. The van der Waals surface area contributed by atoms with Crippen molar-refractivity contribution in [2.75, 3.05) is 0 Å². The highest BCUT2D eigenvalue weighted by molar-refractivity contribution is 6.26. The predicted octanol–water partition coefficient (Wildman–Crippen LogP) is 6.67. The lowest BCUT2D eigenvalue weighted by atomic mass is 9.88. The van der Waals surface area contributed by atoms with Crippen LogP contribution in [-0.2, 0) is 0 Å². The lowest BCUT2D eigenvalue weighted by Crippen LogP contribution is -1.95. The first-order chi connectivity index (χ1) is 14.9. The highest BCUT2D eigenvalue weighted by atomic mass is 14.7. The molecule has 0 aliphatic rings. The first-order valence-electron chi connectivity index (χ1n) is 9.97. The fourth-order valence-electron chi connectivity index (χ4n) is 4.36. The Morgan fingerprint density at radius 2 is 1.00 bits per heavy atom. The van der Waals surface area contributed by atoms with Crippen LogP contribution in [0.5, 0.6) is 0 Å². The Morgan fingerprint density at radius 1 is 0.433 bits per heavy atom. The third-order valence-corrected chi connectivity index (χ3v) is 5.60. The van der Waals surface area contributed by atoms with Gasteiger partial charge < -0.3 is 0 Å². The first kappa shape index (κ1) is 16.8. The first-order valence-corrected chi connectivity index (χ1v) is 9.97. The van der Waals surface area contributed by atoms with Gasteiger partial charge in [0, 0.05) is 45.9 Å². The number of aromatic nitrogens is 3. The van der Waals surface area contributed by atoms with E-state index in [0.717, 1.165) is 44.2 Å². The molecular weight excluding hydrogens is 366 g/mol. The van der Waals surface area contributed by atoms with Crippen LogP contribution < -0.4 is 0 Å². The van der Waals surface area contributed by atoms with E-state index in [-0.39, 0.29) is 0 Å². The Kier molecular flexibility index (Phi) is 3.78. The van der Waals surface area contributed by atoms with E-state index in [9.17, 15) is 0 Å². The summed E-state index contributed by atoms with van der Waals surface area (Å²) in [6.45, 7) is 0. The smallest absolute Gasteiger partial charge is 0.0715 e. The van der Waals surface area contributed by atoms with E-state index in [2.05, 4.69) is 59.6 Å². The maximum Gasteiger partial charge on any atom is 0.0715 e. The lowest BCUT2D eigenvalue weighted by molar-refractivity contribution is 1.33. The molecule has 0 fully saturated rings. The van der Waals surface area contributed by atoms with Gasteiger partial charge in [-0.1, -0.05) is 54.6 Å². The van der Waals surface area contributed by atoms with Gasteiger partial charge in [-0.2, -0.15) is 0 Å². The largest absolute Gasteiger partial charge is 0.256 e. The van der Waals surface area contributed by atoms with Crippen LogP contribution in [0.4, 0.5) is 0 Å². The van der Waals surface area contributed by atoms with Gasteiger partial charge in [0.1, 0.15) is 0 Å². The third kappa shape index (κ3) is 2.49. The fourth-order valence-corrected chi connectivity index (χ4v) is 4.36. The molecule has 140 valence electrons. The number of pyridine rings is 3. The van der Waals surface area contributed by atoms with Crippen LogP contribution in [0.15, 0.2) is 104 Å². The van der Waals surface area contributed by atoms with Crippen LogP contribution in [0.25, 0.3) is 55.0 Å². The highest BCUT2D eigenvalue weighted by Gasteiger charge is 2.19. The van der Waals surface area contributed by atoms with E-state index in [1.165, 1.54) is 10.8 Å². The van der Waals surface area contributed by atoms with Crippen LogP contribution >= 0.6 is 0 Å². The molecule has 6 rings (SSSR count). The Bertz CT molecular complexity index is 1520. The molecule has 30 heavy (non-hydrogen) atoms. The van der Waals surface area contributed by atoms with Crippen molar-refractivity contribution in [3.8, 4) is 22.5 Å². The summed E-state index contributed by atoms with van der Waals surface area (Å²) in [4.78, 5) is 14.2. The van der Waals surface area contributed by atoms with Gasteiger partial charge >= 0.3 is 0 Å². The molecule has 6 aromatic rings. The summed E-state index contributed by atoms with van der Waals surface area (Å²) in [6.07, 6.45) is 5.68. The van der Waals surface area contributed by atoms with Crippen LogP contribution in [0.1, 0.15) is 0 Å². The number of para-hydroxylation sites is 1. The SMILES string of the molecule is c1ccc(-c2c3ccccc3c(-c3ccccn3)c3c2cnc2ccccc23)nc1. The molecule has 3 heteroatoms. The second kappa shape index (κ2) is 6.75. The van der Waals surface area contributed by atoms with Crippen LogP contribution in [0, 0.1) is 0 Å². The van der Waals surface area contributed by atoms with Crippen molar-refractivity contribution < 1.29 is 0 Å². The summed E-state index contributed by atoms with van der Waals surface area (Å²) >= 11 is 0. The van der Waals surface area contributed by atoms with E-state index in [1.54, 1.807) is 0 Å². The third-order valence-electron chi connectivity index (χ3n) is 5.60. The minimum absolute atomic E-state index is 0.948. The van der Waals surface area contributed by atoms with Gasteiger partial charge in [-0.3, -0.25) is 15.0 Å². The van der Waals surface area contributed by atoms with Gasteiger partial charge in [0.15, 0.2) is 0 Å². The average molecular weight is 383 g/mol. The Morgan fingerprint density at radius 3 is 1.67 bits per heavy atom.